The van der Waals surface area contributed by atoms with Crippen molar-refractivity contribution in [1.29, 1.82) is 0 Å². The van der Waals surface area contributed by atoms with Crippen LogP contribution >= 0.6 is 22.9 Å². The molecule has 0 fully saturated rings. The fourth-order valence-corrected chi connectivity index (χ4v) is 5.11. The highest BCUT2D eigenvalue weighted by atomic mass is 35.5. The molecule has 0 unspecified atom stereocenters. The number of benzene rings is 1. The van der Waals surface area contributed by atoms with Crippen LogP contribution in [-0.2, 0) is 19.4 Å². The number of fused-ring (bicyclic) bond motifs is 3. The number of aromatic nitrogens is 2. The van der Waals surface area contributed by atoms with E-state index in [-0.39, 0.29) is 17.5 Å². The molecule has 2 aromatic heterocycles. The molecule has 0 radical (unpaired) electrons. The van der Waals surface area contributed by atoms with Gasteiger partial charge in [0.25, 0.3) is 0 Å². The minimum atomic E-state index is -0.251. The van der Waals surface area contributed by atoms with Crippen molar-refractivity contribution in [2.45, 2.75) is 32.2 Å². The summed E-state index contributed by atoms with van der Waals surface area (Å²) in [5.74, 6) is -0.299. The van der Waals surface area contributed by atoms with Crippen molar-refractivity contribution in [3.05, 3.63) is 62.7 Å². The lowest BCUT2D eigenvalue weighted by Gasteiger charge is -2.14. The first-order valence-electron chi connectivity index (χ1n) is 9.38. The molecule has 0 aliphatic carbocycles. The molecular weight excluding hydrogens is 397 g/mol. The van der Waals surface area contributed by atoms with Gasteiger partial charge in [-0.1, -0.05) is 29.8 Å². The van der Waals surface area contributed by atoms with E-state index in [4.69, 9.17) is 17.3 Å². The first-order valence-corrected chi connectivity index (χ1v) is 10.6. The van der Waals surface area contributed by atoms with Crippen LogP contribution in [0, 0.1) is 11.7 Å². The second kappa shape index (κ2) is 8.15. The summed E-state index contributed by atoms with van der Waals surface area (Å²) in [5, 5.41) is 4.95. The van der Waals surface area contributed by atoms with Gasteiger partial charge in [0, 0.05) is 23.4 Å². The SMILES string of the molecule is NC[C@@H](CC(=O)c1cc2c(s1)CCCn1ncc(Cl)c1-2)Cc1ccccc1F. The van der Waals surface area contributed by atoms with Crippen molar-refractivity contribution < 1.29 is 9.18 Å². The summed E-state index contributed by atoms with van der Waals surface area (Å²) in [7, 11) is 0. The lowest BCUT2D eigenvalue weighted by atomic mass is 9.93. The Morgan fingerprint density at radius 1 is 1.39 bits per heavy atom. The molecule has 1 aliphatic rings. The van der Waals surface area contributed by atoms with Gasteiger partial charge in [0.15, 0.2) is 5.78 Å². The van der Waals surface area contributed by atoms with Gasteiger partial charge in [-0.3, -0.25) is 9.48 Å². The summed E-state index contributed by atoms with van der Waals surface area (Å²) < 4.78 is 15.9. The van der Waals surface area contributed by atoms with E-state index >= 15 is 0 Å². The second-order valence-electron chi connectivity index (χ2n) is 7.14. The summed E-state index contributed by atoms with van der Waals surface area (Å²) in [6, 6.07) is 8.59. The number of nitrogens with zero attached hydrogens (tertiary/aromatic N) is 2. The molecule has 28 heavy (non-hydrogen) atoms. The Morgan fingerprint density at radius 2 is 2.21 bits per heavy atom. The van der Waals surface area contributed by atoms with Crippen LogP contribution in [0.25, 0.3) is 11.3 Å². The zero-order valence-corrected chi connectivity index (χ0v) is 16.9. The number of ketones is 1. The van der Waals surface area contributed by atoms with E-state index in [1.807, 2.05) is 10.7 Å². The van der Waals surface area contributed by atoms with E-state index in [9.17, 15) is 9.18 Å². The van der Waals surface area contributed by atoms with E-state index in [1.54, 1.807) is 24.4 Å². The van der Waals surface area contributed by atoms with Crippen molar-refractivity contribution in [2.24, 2.45) is 11.7 Å². The van der Waals surface area contributed by atoms with Gasteiger partial charge in [0.2, 0.25) is 0 Å². The molecule has 0 amide bonds. The second-order valence-corrected chi connectivity index (χ2v) is 8.68. The van der Waals surface area contributed by atoms with Crippen LogP contribution in [0.4, 0.5) is 4.39 Å². The number of carbonyl (C=O) groups excluding carboxylic acids is 1. The van der Waals surface area contributed by atoms with E-state index in [2.05, 4.69) is 5.10 Å². The fourth-order valence-electron chi connectivity index (χ4n) is 3.72. The van der Waals surface area contributed by atoms with Crippen LogP contribution in [0.2, 0.25) is 5.02 Å². The largest absolute Gasteiger partial charge is 0.330 e. The molecule has 2 N–H and O–H groups in total. The van der Waals surface area contributed by atoms with Crippen molar-refractivity contribution in [3.63, 3.8) is 0 Å². The molecular formula is C21H21ClFN3OS. The summed E-state index contributed by atoms with van der Waals surface area (Å²) in [6.07, 6.45) is 4.28. The molecule has 0 saturated carbocycles. The topological polar surface area (TPSA) is 60.9 Å². The molecule has 7 heteroatoms. The first-order chi connectivity index (χ1) is 13.6. The number of Topliss-reactive ketones (excluding diaryl/α,β-unsaturated/α-hetero) is 1. The molecule has 0 saturated heterocycles. The van der Waals surface area contributed by atoms with Crippen LogP contribution < -0.4 is 5.73 Å². The number of nitrogens with two attached hydrogens (primary N) is 1. The highest BCUT2D eigenvalue weighted by molar-refractivity contribution is 7.14. The highest BCUT2D eigenvalue weighted by Gasteiger charge is 2.24. The number of aryl methyl sites for hydroxylation is 2. The normalized spacial score (nSPS) is 14.2. The number of thiophene rings is 1. The number of hydrogen-bond acceptors (Lipinski definition) is 4. The van der Waals surface area contributed by atoms with Crippen LogP contribution in [-0.4, -0.2) is 22.1 Å². The Kier molecular flexibility index (Phi) is 5.62. The maximum absolute atomic E-state index is 13.9. The lowest BCUT2D eigenvalue weighted by molar-refractivity contribution is 0.0966. The summed E-state index contributed by atoms with van der Waals surface area (Å²) in [5.41, 5.74) is 8.39. The summed E-state index contributed by atoms with van der Waals surface area (Å²) >= 11 is 7.87. The third-order valence-corrected chi connectivity index (χ3v) is 6.69. The molecule has 146 valence electrons. The number of carbonyl (C=O) groups is 1. The smallest absolute Gasteiger partial charge is 0.173 e. The Bertz CT molecular complexity index is 1010. The maximum Gasteiger partial charge on any atom is 0.173 e. The van der Waals surface area contributed by atoms with E-state index in [0.29, 0.717) is 34.8 Å². The molecule has 3 heterocycles. The first kappa shape index (κ1) is 19.3. The maximum atomic E-state index is 13.9. The van der Waals surface area contributed by atoms with Gasteiger partial charge in [-0.05, 0) is 49.4 Å². The summed E-state index contributed by atoms with van der Waals surface area (Å²) in [4.78, 5) is 14.8. The molecule has 0 spiro atoms. The van der Waals surface area contributed by atoms with Crippen LogP contribution in [0.1, 0.15) is 33.0 Å². The van der Waals surface area contributed by atoms with Crippen LogP contribution in [0.5, 0.6) is 0 Å². The monoisotopic (exact) mass is 417 g/mol. The third kappa shape index (κ3) is 3.77. The van der Waals surface area contributed by atoms with Crippen molar-refractivity contribution in [1.82, 2.24) is 9.78 Å². The summed E-state index contributed by atoms with van der Waals surface area (Å²) in [6.45, 7) is 1.16. The van der Waals surface area contributed by atoms with E-state index in [1.165, 1.54) is 22.3 Å². The van der Waals surface area contributed by atoms with Crippen molar-refractivity contribution in [2.75, 3.05) is 6.54 Å². The molecule has 4 rings (SSSR count). The Balaban J connectivity index is 1.55. The molecule has 1 aliphatic heterocycles. The average molecular weight is 418 g/mol. The zero-order valence-electron chi connectivity index (χ0n) is 15.3. The number of halogens is 2. The highest BCUT2D eigenvalue weighted by Crippen LogP contribution is 2.39. The molecule has 4 nitrogen and oxygen atoms in total. The quantitative estimate of drug-likeness (QED) is 0.589. The van der Waals surface area contributed by atoms with Crippen LogP contribution in [0.15, 0.2) is 36.5 Å². The Morgan fingerprint density at radius 3 is 3.00 bits per heavy atom. The van der Waals surface area contributed by atoms with Crippen molar-refractivity contribution in [3.8, 4) is 11.3 Å². The number of hydrogen-bond donors (Lipinski definition) is 1. The van der Waals surface area contributed by atoms with E-state index in [0.717, 1.165) is 30.6 Å². The predicted octanol–water partition coefficient (Wildman–Crippen LogP) is 4.74. The molecule has 0 bridgehead atoms. The molecule has 1 atom stereocenters. The third-order valence-electron chi connectivity index (χ3n) is 5.18. The average Bonchev–Trinajstić information content (AvgIpc) is 3.22. The van der Waals surface area contributed by atoms with Gasteiger partial charge in [-0.25, -0.2) is 4.39 Å². The lowest BCUT2D eigenvalue weighted by Crippen LogP contribution is -2.20. The minimum absolute atomic E-state index is 0.0482. The standard InChI is InChI=1S/C21H21ClFN3OS/c22-16-12-25-26-7-3-6-19-15(21(16)26)10-20(28-19)18(27)9-13(11-24)8-14-4-1-2-5-17(14)23/h1-2,4-5,10,12-13H,3,6-9,11,24H2/t13-/m1/s1. The fraction of sp³-hybridized carbons (Fsp3) is 0.333. The molecule has 1 aromatic carbocycles. The van der Waals surface area contributed by atoms with Gasteiger partial charge in [-0.2, -0.15) is 5.10 Å². The van der Waals surface area contributed by atoms with Gasteiger partial charge >= 0.3 is 0 Å². The van der Waals surface area contributed by atoms with Gasteiger partial charge in [0.1, 0.15) is 5.82 Å². The van der Waals surface area contributed by atoms with Gasteiger partial charge < -0.3 is 5.73 Å². The van der Waals surface area contributed by atoms with Crippen molar-refractivity contribution >= 4 is 28.7 Å². The van der Waals surface area contributed by atoms with Gasteiger partial charge in [-0.15, -0.1) is 11.3 Å². The Labute approximate surface area is 172 Å². The van der Waals surface area contributed by atoms with Gasteiger partial charge in [0.05, 0.1) is 21.8 Å². The number of rotatable bonds is 6. The van der Waals surface area contributed by atoms with Crippen LogP contribution in [0.3, 0.4) is 0 Å². The predicted molar refractivity (Wildman–Crippen MR) is 110 cm³/mol. The Hall–Kier alpha value is -2.02. The molecule has 3 aromatic rings. The van der Waals surface area contributed by atoms with E-state index < -0.39 is 0 Å². The minimum Gasteiger partial charge on any atom is -0.330 e. The zero-order chi connectivity index (χ0) is 19.7.